The minimum atomic E-state index is 0.867. The summed E-state index contributed by atoms with van der Waals surface area (Å²) in [6.07, 6.45) is 5.83. The Labute approximate surface area is 112 Å². The summed E-state index contributed by atoms with van der Waals surface area (Å²) in [5.41, 5.74) is 5.03. The first-order chi connectivity index (χ1) is 9.34. The molecule has 3 nitrogen and oxygen atoms in total. The number of H-pyrrole nitrogens is 1. The van der Waals surface area contributed by atoms with Gasteiger partial charge in [-0.2, -0.15) is 0 Å². The zero-order valence-corrected chi connectivity index (χ0v) is 11.0. The van der Waals surface area contributed by atoms with Crippen molar-refractivity contribution in [3.63, 3.8) is 0 Å². The topological polar surface area (TPSA) is 40.7 Å². The van der Waals surface area contributed by atoms with E-state index in [9.17, 15) is 0 Å². The molecule has 0 saturated heterocycles. The molecule has 2 N–H and O–H groups in total. The Morgan fingerprint density at radius 2 is 1.95 bits per heavy atom. The smallest absolute Gasteiger partial charge is 0.0457 e. The molecule has 0 aliphatic rings. The number of benzene rings is 1. The second-order valence-electron chi connectivity index (χ2n) is 4.77. The molecule has 3 heteroatoms. The third-order valence-electron chi connectivity index (χ3n) is 3.44. The van der Waals surface area contributed by atoms with Gasteiger partial charge >= 0.3 is 0 Å². The molecule has 1 aromatic carbocycles. The number of aromatic nitrogens is 2. The van der Waals surface area contributed by atoms with Gasteiger partial charge in [0.2, 0.25) is 0 Å². The van der Waals surface area contributed by atoms with Gasteiger partial charge in [0.15, 0.2) is 0 Å². The van der Waals surface area contributed by atoms with Crippen LogP contribution >= 0.6 is 0 Å². The normalized spacial score (nSPS) is 11.0. The molecular formula is C16H17N3. The zero-order valence-electron chi connectivity index (χ0n) is 11.0. The van der Waals surface area contributed by atoms with E-state index >= 15 is 0 Å². The Hall–Kier alpha value is -2.13. The van der Waals surface area contributed by atoms with Crippen LogP contribution in [0.25, 0.3) is 10.9 Å². The fourth-order valence-electron chi connectivity index (χ4n) is 2.31. The predicted molar refractivity (Wildman–Crippen MR) is 77.8 cm³/mol. The molecule has 2 heterocycles. The molecule has 2 aromatic heterocycles. The average molecular weight is 251 g/mol. The molecule has 0 amide bonds. The van der Waals surface area contributed by atoms with Crippen molar-refractivity contribution in [2.24, 2.45) is 0 Å². The van der Waals surface area contributed by atoms with Crippen molar-refractivity contribution in [2.45, 2.75) is 20.0 Å². The summed E-state index contributed by atoms with van der Waals surface area (Å²) in [7, 11) is 0. The molecule has 0 atom stereocenters. The molecule has 0 saturated carbocycles. The summed E-state index contributed by atoms with van der Waals surface area (Å²) in [4.78, 5) is 7.41. The SMILES string of the molecule is Cc1cnccc1CNCc1c[nH]c2ccccc12. The summed E-state index contributed by atoms with van der Waals surface area (Å²) in [5, 5.41) is 4.78. The Kier molecular flexibility index (Phi) is 3.29. The Morgan fingerprint density at radius 1 is 1.11 bits per heavy atom. The number of rotatable bonds is 4. The van der Waals surface area contributed by atoms with Gasteiger partial charge in [-0.05, 0) is 35.7 Å². The minimum absolute atomic E-state index is 0.867. The van der Waals surface area contributed by atoms with Crippen LogP contribution in [0.5, 0.6) is 0 Å². The highest BCUT2D eigenvalue weighted by molar-refractivity contribution is 5.82. The van der Waals surface area contributed by atoms with Gasteiger partial charge in [-0.3, -0.25) is 4.98 Å². The first kappa shape index (κ1) is 11.9. The van der Waals surface area contributed by atoms with Crippen LogP contribution < -0.4 is 5.32 Å². The standard InChI is InChI=1S/C16H17N3/c1-12-8-17-7-6-13(12)9-18-10-14-11-19-16-5-3-2-4-15(14)16/h2-8,11,18-19H,9-10H2,1H3. The molecule has 0 unspecified atom stereocenters. The van der Waals surface area contributed by atoms with E-state index in [0.717, 1.165) is 13.1 Å². The van der Waals surface area contributed by atoms with Gasteiger partial charge in [-0.15, -0.1) is 0 Å². The lowest BCUT2D eigenvalue weighted by molar-refractivity contribution is 0.692. The number of hydrogen-bond acceptors (Lipinski definition) is 2. The summed E-state index contributed by atoms with van der Waals surface area (Å²) >= 11 is 0. The minimum Gasteiger partial charge on any atom is -0.361 e. The number of fused-ring (bicyclic) bond motifs is 1. The Morgan fingerprint density at radius 3 is 2.84 bits per heavy atom. The van der Waals surface area contributed by atoms with E-state index in [1.807, 2.05) is 12.4 Å². The van der Waals surface area contributed by atoms with Crippen LogP contribution in [-0.4, -0.2) is 9.97 Å². The van der Waals surface area contributed by atoms with Crippen LogP contribution in [0.2, 0.25) is 0 Å². The maximum absolute atomic E-state index is 4.11. The number of nitrogens with one attached hydrogen (secondary N) is 2. The summed E-state index contributed by atoms with van der Waals surface area (Å²) in [6.45, 7) is 3.83. The van der Waals surface area contributed by atoms with Crippen LogP contribution in [0.4, 0.5) is 0 Å². The quantitative estimate of drug-likeness (QED) is 0.747. The van der Waals surface area contributed by atoms with Crippen molar-refractivity contribution in [3.8, 4) is 0 Å². The molecule has 0 bridgehead atoms. The van der Waals surface area contributed by atoms with Crippen molar-refractivity contribution in [2.75, 3.05) is 0 Å². The third kappa shape index (κ3) is 2.51. The highest BCUT2D eigenvalue weighted by Gasteiger charge is 2.02. The molecule has 3 rings (SSSR count). The summed E-state index contributed by atoms with van der Waals surface area (Å²) < 4.78 is 0. The number of pyridine rings is 1. The average Bonchev–Trinajstić information content (AvgIpc) is 2.85. The molecule has 0 radical (unpaired) electrons. The van der Waals surface area contributed by atoms with Gasteiger partial charge in [-0.1, -0.05) is 18.2 Å². The molecule has 19 heavy (non-hydrogen) atoms. The number of nitrogens with zero attached hydrogens (tertiary/aromatic N) is 1. The van der Waals surface area contributed by atoms with Crippen molar-refractivity contribution in [1.29, 1.82) is 0 Å². The van der Waals surface area contributed by atoms with E-state index in [-0.39, 0.29) is 0 Å². The molecule has 0 aliphatic heterocycles. The van der Waals surface area contributed by atoms with Crippen LogP contribution in [0, 0.1) is 6.92 Å². The van der Waals surface area contributed by atoms with Crippen LogP contribution in [-0.2, 0) is 13.1 Å². The van der Waals surface area contributed by atoms with Crippen LogP contribution in [0.1, 0.15) is 16.7 Å². The molecule has 0 spiro atoms. The van der Waals surface area contributed by atoms with Gasteiger partial charge in [0, 0.05) is 42.6 Å². The van der Waals surface area contributed by atoms with E-state index in [2.05, 4.69) is 58.7 Å². The van der Waals surface area contributed by atoms with Crippen molar-refractivity contribution in [3.05, 3.63) is 65.6 Å². The van der Waals surface area contributed by atoms with Gasteiger partial charge < -0.3 is 10.3 Å². The maximum Gasteiger partial charge on any atom is 0.0457 e. The molecule has 3 aromatic rings. The van der Waals surface area contributed by atoms with Gasteiger partial charge in [0.05, 0.1) is 0 Å². The fourth-order valence-corrected chi connectivity index (χ4v) is 2.31. The van der Waals surface area contributed by atoms with Crippen molar-refractivity contribution >= 4 is 10.9 Å². The monoisotopic (exact) mass is 251 g/mol. The van der Waals surface area contributed by atoms with Gasteiger partial charge in [0.1, 0.15) is 0 Å². The van der Waals surface area contributed by atoms with Gasteiger partial charge in [0.25, 0.3) is 0 Å². The zero-order chi connectivity index (χ0) is 13.1. The number of para-hydroxylation sites is 1. The number of aryl methyl sites for hydroxylation is 1. The van der Waals surface area contributed by atoms with E-state index in [1.165, 1.54) is 27.6 Å². The number of aromatic amines is 1. The van der Waals surface area contributed by atoms with Crippen molar-refractivity contribution < 1.29 is 0 Å². The van der Waals surface area contributed by atoms with Crippen molar-refractivity contribution in [1.82, 2.24) is 15.3 Å². The highest BCUT2D eigenvalue weighted by Crippen LogP contribution is 2.17. The highest BCUT2D eigenvalue weighted by atomic mass is 14.9. The largest absolute Gasteiger partial charge is 0.361 e. The first-order valence-corrected chi connectivity index (χ1v) is 6.50. The van der Waals surface area contributed by atoms with E-state index in [1.54, 1.807) is 0 Å². The second-order valence-corrected chi connectivity index (χ2v) is 4.77. The van der Waals surface area contributed by atoms with Crippen LogP contribution in [0.15, 0.2) is 48.9 Å². The first-order valence-electron chi connectivity index (χ1n) is 6.50. The second kappa shape index (κ2) is 5.24. The molecule has 96 valence electrons. The van der Waals surface area contributed by atoms with E-state index in [0.29, 0.717) is 0 Å². The lowest BCUT2D eigenvalue weighted by Gasteiger charge is -2.06. The summed E-state index contributed by atoms with van der Waals surface area (Å²) in [6, 6.07) is 10.5. The molecule has 0 aliphatic carbocycles. The number of hydrogen-bond donors (Lipinski definition) is 2. The summed E-state index contributed by atoms with van der Waals surface area (Å²) in [5.74, 6) is 0. The van der Waals surface area contributed by atoms with Gasteiger partial charge in [-0.25, -0.2) is 0 Å². The lowest BCUT2D eigenvalue weighted by Crippen LogP contribution is -2.13. The molecular weight excluding hydrogens is 234 g/mol. The molecule has 0 fully saturated rings. The predicted octanol–water partition coefficient (Wildman–Crippen LogP) is 3.16. The van der Waals surface area contributed by atoms with E-state index in [4.69, 9.17) is 0 Å². The van der Waals surface area contributed by atoms with E-state index < -0.39 is 0 Å². The lowest BCUT2D eigenvalue weighted by atomic mass is 10.1. The maximum atomic E-state index is 4.11. The Balaban J connectivity index is 1.68. The van der Waals surface area contributed by atoms with Crippen LogP contribution in [0.3, 0.4) is 0 Å². The third-order valence-corrected chi connectivity index (χ3v) is 3.44. The Bertz CT molecular complexity index is 685. The fraction of sp³-hybridized carbons (Fsp3) is 0.188.